The molecule has 122 valence electrons. The quantitative estimate of drug-likeness (QED) is 0.816. The van der Waals surface area contributed by atoms with Crippen molar-refractivity contribution in [3.63, 3.8) is 0 Å². The van der Waals surface area contributed by atoms with Gasteiger partial charge in [-0.15, -0.1) is 11.3 Å². The molecule has 1 atom stereocenters. The molecule has 0 aliphatic carbocycles. The lowest BCUT2D eigenvalue weighted by molar-refractivity contribution is -0.121. The van der Waals surface area contributed by atoms with E-state index in [0.717, 1.165) is 22.7 Å². The molecule has 6 heteroatoms. The summed E-state index contributed by atoms with van der Waals surface area (Å²) in [6, 6.07) is 6.50. The summed E-state index contributed by atoms with van der Waals surface area (Å²) in [5, 5.41) is 14.8. The van der Waals surface area contributed by atoms with Crippen molar-refractivity contribution in [2.45, 2.75) is 39.2 Å². The summed E-state index contributed by atoms with van der Waals surface area (Å²) >= 11 is 1.61. The molecule has 1 aromatic carbocycles. The van der Waals surface area contributed by atoms with Crippen LogP contribution in [-0.4, -0.2) is 22.0 Å². The number of carbonyl (C=O) groups is 2. The van der Waals surface area contributed by atoms with Crippen molar-refractivity contribution in [1.29, 1.82) is 0 Å². The predicted molar refractivity (Wildman–Crippen MR) is 89.8 cm³/mol. The van der Waals surface area contributed by atoms with E-state index in [1.165, 1.54) is 0 Å². The molecule has 0 aliphatic heterocycles. The number of nitrogens with one attached hydrogen (secondary N) is 1. The van der Waals surface area contributed by atoms with Crippen LogP contribution in [0.5, 0.6) is 0 Å². The summed E-state index contributed by atoms with van der Waals surface area (Å²) < 4.78 is 0. The number of aromatic carboxylic acids is 1. The zero-order chi connectivity index (χ0) is 16.8. The van der Waals surface area contributed by atoms with E-state index in [2.05, 4.69) is 17.2 Å². The lowest BCUT2D eigenvalue weighted by Crippen LogP contribution is -2.27. The minimum absolute atomic E-state index is 0.0362. The van der Waals surface area contributed by atoms with Crippen molar-refractivity contribution in [1.82, 2.24) is 10.3 Å². The lowest BCUT2D eigenvalue weighted by atomic mass is 10.1. The fourth-order valence-electron chi connectivity index (χ4n) is 2.15. The fourth-order valence-corrected chi connectivity index (χ4v) is 2.98. The Bertz CT molecular complexity index is 679. The molecular weight excluding hydrogens is 312 g/mol. The number of aromatic nitrogens is 1. The van der Waals surface area contributed by atoms with Crippen molar-refractivity contribution >= 4 is 23.2 Å². The maximum Gasteiger partial charge on any atom is 0.335 e. The van der Waals surface area contributed by atoms with Gasteiger partial charge in [0.2, 0.25) is 5.91 Å². The van der Waals surface area contributed by atoms with Crippen LogP contribution >= 0.6 is 11.3 Å². The maximum absolute atomic E-state index is 12.0. The molecule has 1 amide bonds. The summed E-state index contributed by atoms with van der Waals surface area (Å²) in [5.74, 6) is -0.983. The fraction of sp³-hybridized carbons (Fsp3) is 0.353. The van der Waals surface area contributed by atoms with Crippen LogP contribution in [0.15, 0.2) is 29.6 Å². The van der Waals surface area contributed by atoms with Gasteiger partial charge in [-0.2, -0.15) is 0 Å². The van der Waals surface area contributed by atoms with Crippen LogP contribution in [-0.2, 0) is 17.6 Å². The molecule has 5 nitrogen and oxygen atoms in total. The molecule has 1 unspecified atom stereocenters. The Morgan fingerprint density at radius 3 is 2.57 bits per heavy atom. The van der Waals surface area contributed by atoms with Gasteiger partial charge in [-0.1, -0.05) is 19.1 Å². The van der Waals surface area contributed by atoms with Crippen molar-refractivity contribution in [3.05, 3.63) is 51.5 Å². The molecule has 2 N–H and O–H groups in total. The van der Waals surface area contributed by atoms with Crippen molar-refractivity contribution in [2.24, 2.45) is 0 Å². The average Bonchev–Trinajstić information content (AvgIpc) is 3.02. The molecule has 2 rings (SSSR count). The van der Waals surface area contributed by atoms with Crippen LogP contribution in [0.3, 0.4) is 0 Å². The molecular formula is C17H20N2O3S. The first-order valence-electron chi connectivity index (χ1n) is 7.55. The number of thiazole rings is 1. The van der Waals surface area contributed by atoms with Gasteiger partial charge in [-0.25, -0.2) is 9.78 Å². The number of amides is 1. The summed E-state index contributed by atoms with van der Waals surface area (Å²) in [6.07, 6.45) is 1.84. The van der Waals surface area contributed by atoms with Gasteiger partial charge in [0.15, 0.2) is 0 Å². The van der Waals surface area contributed by atoms with Crippen LogP contribution < -0.4 is 5.32 Å². The number of carboxylic acids is 1. The van der Waals surface area contributed by atoms with Crippen LogP contribution in [0.25, 0.3) is 0 Å². The molecule has 23 heavy (non-hydrogen) atoms. The number of benzene rings is 1. The van der Waals surface area contributed by atoms with Gasteiger partial charge in [0, 0.05) is 11.8 Å². The molecule has 2 aromatic rings. The average molecular weight is 332 g/mol. The summed E-state index contributed by atoms with van der Waals surface area (Å²) in [7, 11) is 0. The van der Waals surface area contributed by atoms with Crippen LogP contribution in [0.4, 0.5) is 0 Å². The Labute approximate surface area is 139 Å². The largest absolute Gasteiger partial charge is 0.478 e. The van der Waals surface area contributed by atoms with Crippen molar-refractivity contribution < 1.29 is 14.7 Å². The summed E-state index contributed by atoms with van der Waals surface area (Å²) in [6.45, 7) is 3.98. The second kappa shape index (κ2) is 7.87. The highest BCUT2D eigenvalue weighted by Gasteiger charge is 2.12. The minimum atomic E-state index is -0.946. The van der Waals surface area contributed by atoms with E-state index < -0.39 is 5.97 Å². The van der Waals surface area contributed by atoms with E-state index >= 15 is 0 Å². The Morgan fingerprint density at radius 1 is 1.30 bits per heavy atom. The number of hydrogen-bond acceptors (Lipinski definition) is 4. The van der Waals surface area contributed by atoms with E-state index in [1.54, 1.807) is 35.6 Å². The van der Waals surface area contributed by atoms with Gasteiger partial charge in [-0.05, 0) is 37.5 Å². The summed E-state index contributed by atoms with van der Waals surface area (Å²) in [5.41, 5.74) is 2.09. The Hall–Kier alpha value is -2.21. The summed E-state index contributed by atoms with van der Waals surface area (Å²) in [4.78, 5) is 27.3. The van der Waals surface area contributed by atoms with Crippen LogP contribution in [0, 0.1) is 0 Å². The SMILES string of the molecule is CCc1nc(C(C)NC(=O)CCc2ccc(C(=O)O)cc2)cs1. The maximum atomic E-state index is 12.0. The van der Waals surface area contributed by atoms with Gasteiger partial charge in [0.25, 0.3) is 0 Å². The minimum Gasteiger partial charge on any atom is -0.478 e. The van der Waals surface area contributed by atoms with Gasteiger partial charge >= 0.3 is 5.97 Å². The number of carboxylic acid groups (broad SMARTS) is 1. The number of carbonyl (C=O) groups excluding carboxylic acids is 1. The third kappa shape index (κ3) is 4.89. The second-order valence-corrected chi connectivity index (χ2v) is 6.25. The van der Waals surface area contributed by atoms with Crippen LogP contribution in [0.2, 0.25) is 0 Å². The third-order valence-corrected chi connectivity index (χ3v) is 4.55. The topological polar surface area (TPSA) is 79.3 Å². The van der Waals surface area contributed by atoms with E-state index in [4.69, 9.17) is 5.11 Å². The monoisotopic (exact) mass is 332 g/mol. The highest BCUT2D eigenvalue weighted by molar-refractivity contribution is 7.09. The van der Waals surface area contributed by atoms with E-state index in [0.29, 0.717) is 12.8 Å². The van der Waals surface area contributed by atoms with Gasteiger partial charge in [0.1, 0.15) is 0 Å². The van der Waals surface area contributed by atoms with Gasteiger partial charge in [0.05, 0.1) is 22.3 Å². The zero-order valence-corrected chi connectivity index (χ0v) is 14.0. The van der Waals surface area contributed by atoms with Crippen molar-refractivity contribution in [3.8, 4) is 0 Å². The molecule has 0 spiro atoms. The first kappa shape index (κ1) is 17.1. The number of hydrogen-bond donors (Lipinski definition) is 2. The number of nitrogens with zero attached hydrogens (tertiary/aromatic N) is 1. The molecule has 0 bridgehead atoms. The Balaban J connectivity index is 1.83. The third-order valence-electron chi connectivity index (χ3n) is 3.53. The molecule has 0 saturated heterocycles. The highest BCUT2D eigenvalue weighted by atomic mass is 32.1. The zero-order valence-electron chi connectivity index (χ0n) is 13.2. The number of rotatable bonds is 7. The van der Waals surface area contributed by atoms with Crippen molar-refractivity contribution in [2.75, 3.05) is 0 Å². The number of aryl methyl sites for hydroxylation is 2. The van der Waals surface area contributed by atoms with Gasteiger partial charge < -0.3 is 10.4 Å². The normalized spacial score (nSPS) is 11.9. The standard InChI is InChI=1S/C17H20N2O3S/c1-3-16-19-14(10-23-16)11(2)18-15(20)9-6-12-4-7-13(8-5-12)17(21)22/h4-5,7-8,10-11H,3,6,9H2,1-2H3,(H,18,20)(H,21,22). The molecule has 0 aliphatic rings. The van der Waals surface area contributed by atoms with E-state index in [9.17, 15) is 9.59 Å². The highest BCUT2D eigenvalue weighted by Crippen LogP contribution is 2.17. The van der Waals surface area contributed by atoms with E-state index in [-0.39, 0.29) is 17.5 Å². The first-order valence-corrected chi connectivity index (χ1v) is 8.43. The Kier molecular flexibility index (Phi) is 5.87. The predicted octanol–water partition coefficient (Wildman–Crippen LogP) is 3.21. The van der Waals surface area contributed by atoms with Gasteiger partial charge in [-0.3, -0.25) is 4.79 Å². The molecule has 0 radical (unpaired) electrons. The Morgan fingerprint density at radius 2 is 2.00 bits per heavy atom. The second-order valence-electron chi connectivity index (χ2n) is 5.31. The lowest BCUT2D eigenvalue weighted by Gasteiger charge is -2.11. The van der Waals surface area contributed by atoms with Crippen LogP contribution in [0.1, 0.15) is 52.9 Å². The van der Waals surface area contributed by atoms with E-state index in [1.807, 2.05) is 12.3 Å². The molecule has 1 heterocycles. The molecule has 1 aromatic heterocycles. The molecule has 0 fully saturated rings. The first-order chi connectivity index (χ1) is 11.0. The smallest absolute Gasteiger partial charge is 0.335 e. The molecule has 0 saturated carbocycles.